The Kier molecular flexibility index (Phi) is 5.80. The first-order valence-corrected chi connectivity index (χ1v) is 10.2. The fraction of sp³-hybridized carbons (Fsp3) is 0.368. The second-order valence-corrected chi connectivity index (χ2v) is 8.08. The molecular formula is C19H24N2O4S. The predicted molar refractivity (Wildman–Crippen MR) is 99.9 cm³/mol. The normalized spacial score (nSPS) is 14.4. The van der Waals surface area contributed by atoms with Gasteiger partial charge < -0.3 is 14.8 Å². The quantitative estimate of drug-likeness (QED) is 0.737. The van der Waals surface area contributed by atoms with Gasteiger partial charge in [0, 0.05) is 6.04 Å². The average Bonchev–Trinajstić information content (AvgIpc) is 3.07. The number of fused-ring (bicyclic) bond motifs is 1. The molecule has 0 radical (unpaired) electrons. The molecule has 1 atom stereocenters. The fourth-order valence-electron chi connectivity index (χ4n) is 2.89. The summed E-state index contributed by atoms with van der Waals surface area (Å²) in [5.74, 6) is 1.64. The van der Waals surface area contributed by atoms with E-state index in [1.54, 1.807) is 24.3 Å². The van der Waals surface area contributed by atoms with E-state index in [0.717, 1.165) is 42.9 Å². The highest BCUT2D eigenvalue weighted by Crippen LogP contribution is 2.32. The van der Waals surface area contributed by atoms with Crippen molar-refractivity contribution in [1.29, 1.82) is 0 Å². The minimum absolute atomic E-state index is 0.145. The van der Waals surface area contributed by atoms with Gasteiger partial charge in [0.1, 0.15) is 0 Å². The maximum Gasteiger partial charge on any atom is 0.238 e. The molecule has 2 aromatic rings. The summed E-state index contributed by atoms with van der Waals surface area (Å²) in [5.41, 5.74) is 2.31. The van der Waals surface area contributed by atoms with E-state index in [-0.39, 0.29) is 4.90 Å². The first-order valence-electron chi connectivity index (χ1n) is 8.65. The van der Waals surface area contributed by atoms with Gasteiger partial charge in [0.05, 0.1) is 4.90 Å². The van der Waals surface area contributed by atoms with Crippen LogP contribution in [-0.4, -0.2) is 27.8 Å². The number of sulfonamides is 1. The van der Waals surface area contributed by atoms with E-state index >= 15 is 0 Å². The summed E-state index contributed by atoms with van der Waals surface area (Å²) in [4.78, 5) is 0.145. The molecular weight excluding hydrogens is 352 g/mol. The lowest BCUT2D eigenvalue weighted by atomic mass is 10.1. The average molecular weight is 376 g/mol. The third kappa shape index (κ3) is 4.97. The van der Waals surface area contributed by atoms with Crippen molar-refractivity contribution in [2.24, 2.45) is 5.14 Å². The van der Waals surface area contributed by atoms with Gasteiger partial charge in [-0.15, -0.1) is 0 Å². The maximum atomic E-state index is 11.2. The third-order valence-corrected chi connectivity index (χ3v) is 5.39. The molecule has 26 heavy (non-hydrogen) atoms. The minimum atomic E-state index is -3.62. The van der Waals surface area contributed by atoms with Crippen molar-refractivity contribution in [3.63, 3.8) is 0 Å². The zero-order valence-corrected chi connectivity index (χ0v) is 15.6. The lowest BCUT2D eigenvalue weighted by molar-refractivity contribution is 0.174. The van der Waals surface area contributed by atoms with Crippen LogP contribution in [0.4, 0.5) is 0 Å². The number of benzene rings is 2. The number of nitrogens with one attached hydrogen (secondary N) is 1. The van der Waals surface area contributed by atoms with E-state index in [2.05, 4.69) is 18.3 Å². The zero-order valence-electron chi connectivity index (χ0n) is 14.8. The Balaban J connectivity index is 1.41. The van der Waals surface area contributed by atoms with Gasteiger partial charge in [-0.1, -0.05) is 18.2 Å². The van der Waals surface area contributed by atoms with Crippen molar-refractivity contribution in [3.05, 3.63) is 53.6 Å². The SMILES string of the molecule is CC(CCc1ccc2c(c1)OCO2)NCCc1ccc(S(N)(=O)=O)cc1. The second kappa shape index (κ2) is 8.07. The van der Waals surface area contributed by atoms with Crippen molar-refractivity contribution < 1.29 is 17.9 Å². The summed E-state index contributed by atoms with van der Waals surface area (Å²) in [6.45, 7) is 3.29. The molecule has 0 aliphatic carbocycles. The highest BCUT2D eigenvalue weighted by Gasteiger charge is 2.13. The molecule has 0 saturated carbocycles. The monoisotopic (exact) mass is 376 g/mol. The van der Waals surface area contributed by atoms with Gasteiger partial charge in [-0.05, 0) is 68.1 Å². The van der Waals surface area contributed by atoms with E-state index < -0.39 is 10.0 Å². The lowest BCUT2D eigenvalue weighted by Crippen LogP contribution is -2.28. The minimum Gasteiger partial charge on any atom is -0.454 e. The molecule has 3 N–H and O–H groups in total. The van der Waals surface area contributed by atoms with Gasteiger partial charge in [-0.2, -0.15) is 0 Å². The van der Waals surface area contributed by atoms with E-state index in [1.807, 2.05) is 12.1 Å². The summed E-state index contributed by atoms with van der Waals surface area (Å²) in [7, 11) is -3.62. The van der Waals surface area contributed by atoms with Gasteiger partial charge in [0.15, 0.2) is 11.5 Å². The summed E-state index contributed by atoms with van der Waals surface area (Å²) in [6, 6.07) is 13.2. The Labute approximate surface area is 154 Å². The molecule has 0 saturated heterocycles. The number of hydrogen-bond donors (Lipinski definition) is 2. The third-order valence-electron chi connectivity index (χ3n) is 4.46. The molecule has 0 fully saturated rings. The molecule has 1 unspecified atom stereocenters. The Morgan fingerprint density at radius 1 is 1.04 bits per heavy atom. The van der Waals surface area contributed by atoms with Gasteiger partial charge >= 0.3 is 0 Å². The van der Waals surface area contributed by atoms with Gasteiger partial charge in [0.25, 0.3) is 0 Å². The topological polar surface area (TPSA) is 90.7 Å². The Morgan fingerprint density at radius 3 is 2.46 bits per heavy atom. The summed E-state index contributed by atoms with van der Waals surface area (Å²) >= 11 is 0. The van der Waals surface area contributed by atoms with Gasteiger partial charge in [-0.3, -0.25) is 0 Å². The van der Waals surface area contributed by atoms with E-state index in [1.165, 1.54) is 5.56 Å². The van der Waals surface area contributed by atoms with Crippen LogP contribution < -0.4 is 19.9 Å². The standard InChI is InChI=1S/C19H24N2O4S/c1-14(2-3-16-6-9-18-19(12-16)25-13-24-18)21-11-10-15-4-7-17(8-5-15)26(20,22)23/h4-9,12,14,21H,2-3,10-11,13H2,1H3,(H2,20,22,23). The molecule has 3 rings (SSSR count). The van der Waals surface area contributed by atoms with Gasteiger partial charge in [-0.25, -0.2) is 13.6 Å². The van der Waals surface area contributed by atoms with Crippen LogP contribution in [0.1, 0.15) is 24.5 Å². The Bertz CT molecular complexity index is 850. The van der Waals surface area contributed by atoms with Crippen LogP contribution in [0.5, 0.6) is 11.5 Å². The molecule has 0 bridgehead atoms. The predicted octanol–water partition coefficient (Wildman–Crippen LogP) is 2.22. The lowest BCUT2D eigenvalue weighted by Gasteiger charge is -2.14. The van der Waals surface area contributed by atoms with Crippen molar-refractivity contribution in [3.8, 4) is 11.5 Å². The molecule has 0 spiro atoms. The van der Waals surface area contributed by atoms with Crippen LogP contribution in [0.2, 0.25) is 0 Å². The number of ether oxygens (including phenoxy) is 2. The van der Waals surface area contributed by atoms with Crippen molar-refractivity contribution in [1.82, 2.24) is 5.32 Å². The molecule has 140 valence electrons. The molecule has 1 aliphatic heterocycles. The highest BCUT2D eigenvalue weighted by atomic mass is 32.2. The van der Waals surface area contributed by atoms with Crippen LogP contribution in [0.3, 0.4) is 0 Å². The maximum absolute atomic E-state index is 11.2. The van der Waals surface area contributed by atoms with Crippen molar-refractivity contribution >= 4 is 10.0 Å². The van der Waals surface area contributed by atoms with Crippen LogP contribution in [-0.2, 0) is 22.9 Å². The number of primary sulfonamides is 1. The molecule has 6 nitrogen and oxygen atoms in total. The summed E-state index contributed by atoms with van der Waals surface area (Å²) in [5, 5.41) is 8.60. The summed E-state index contributed by atoms with van der Waals surface area (Å²) < 4.78 is 33.2. The largest absolute Gasteiger partial charge is 0.454 e. The molecule has 0 amide bonds. The smallest absolute Gasteiger partial charge is 0.238 e. The highest BCUT2D eigenvalue weighted by molar-refractivity contribution is 7.89. The first kappa shape index (κ1) is 18.7. The number of rotatable bonds is 8. The van der Waals surface area contributed by atoms with E-state index in [9.17, 15) is 8.42 Å². The van der Waals surface area contributed by atoms with E-state index in [4.69, 9.17) is 14.6 Å². The molecule has 1 aliphatic rings. The second-order valence-electron chi connectivity index (χ2n) is 6.52. The molecule has 0 aromatic heterocycles. The number of hydrogen-bond acceptors (Lipinski definition) is 5. The Hall–Kier alpha value is -2.09. The molecule has 2 aromatic carbocycles. The zero-order chi connectivity index (χ0) is 18.6. The molecule has 7 heteroatoms. The summed E-state index contributed by atoms with van der Waals surface area (Å²) in [6.07, 6.45) is 2.82. The van der Waals surface area contributed by atoms with Crippen molar-refractivity contribution in [2.45, 2.75) is 37.1 Å². The Morgan fingerprint density at radius 2 is 1.73 bits per heavy atom. The van der Waals surface area contributed by atoms with Crippen LogP contribution >= 0.6 is 0 Å². The number of nitrogens with two attached hydrogens (primary N) is 1. The fourth-order valence-corrected chi connectivity index (χ4v) is 3.41. The van der Waals surface area contributed by atoms with Crippen LogP contribution in [0.25, 0.3) is 0 Å². The first-order chi connectivity index (χ1) is 12.4. The number of aryl methyl sites for hydroxylation is 1. The van der Waals surface area contributed by atoms with Gasteiger partial charge in [0.2, 0.25) is 16.8 Å². The van der Waals surface area contributed by atoms with Crippen LogP contribution in [0, 0.1) is 0 Å². The van der Waals surface area contributed by atoms with Crippen molar-refractivity contribution in [2.75, 3.05) is 13.3 Å². The van der Waals surface area contributed by atoms with Crippen LogP contribution in [0.15, 0.2) is 47.4 Å². The molecule has 1 heterocycles. The van der Waals surface area contributed by atoms with E-state index in [0.29, 0.717) is 12.8 Å².